The summed E-state index contributed by atoms with van der Waals surface area (Å²) in [4.78, 5) is 17.2. The minimum atomic E-state index is -4.79. The van der Waals surface area contributed by atoms with Crippen molar-refractivity contribution in [2.75, 3.05) is 18.5 Å². The van der Waals surface area contributed by atoms with Crippen LogP contribution in [0.25, 0.3) is 0 Å². The number of rotatable bonds is 7. The number of carbonyl (C=O) groups is 1. The molecule has 0 unspecified atom stereocenters. The first kappa shape index (κ1) is 26.8. The van der Waals surface area contributed by atoms with Crippen LogP contribution in [0.15, 0.2) is 30.5 Å². The van der Waals surface area contributed by atoms with Crippen LogP contribution < -0.4 is 10.1 Å². The Morgan fingerprint density at radius 2 is 2.00 bits per heavy atom. The second-order valence-electron chi connectivity index (χ2n) is 8.64. The summed E-state index contributed by atoms with van der Waals surface area (Å²) in [7, 11) is 0. The fourth-order valence-corrected chi connectivity index (χ4v) is 4.29. The highest BCUT2D eigenvalue weighted by Gasteiger charge is 2.65. The molecule has 3 N–H and O–H groups in total. The molecule has 3 rings (SSSR count). The van der Waals surface area contributed by atoms with E-state index in [0.29, 0.717) is 0 Å². The van der Waals surface area contributed by atoms with Gasteiger partial charge in [0.05, 0.1) is 30.8 Å². The largest absolute Gasteiger partial charge is 0.493 e. The first-order chi connectivity index (χ1) is 16.4. The molecule has 35 heavy (non-hydrogen) atoms. The summed E-state index contributed by atoms with van der Waals surface area (Å²) in [5, 5.41) is 21.2. The van der Waals surface area contributed by atoms with E-state index >= 15 is 0 Å². The zero-order valence-electron chi connectivity index (χ0n) is 19.7. The lowest BCUT2D eigenvalue weighted by atomic mass is 9.76. The molecule has 7 nitrogen and oxygen atoms in total. The van der Waals surface area contributed by atoms with Crippen LogP contribution in [0, 0.1) is 18.7 Å². The van der Waals surface area contributed by atoms with Gasteiger partial charge in [-0.1, -0.05) is 13.0 Å². The fourth-order valence-electron chi connectivity index (χ4n) is 4.29. The molecule has 192 valence electrons. The summed E-state index contributed by atoms with van der Waals surface area (Å²) in [6.45, 7) is 4.94. The van der Waals surface area contributed by atoms with Crippen molar-refractivity contribution in [3.05, 3.63) is 53.1 Å². The molecule has 1 amide bonds. The molecule has 1 aromatic carbocycles. The predicted octanol–water partition coefficient (Wildman–Crippen LogP) is 4.03. The number of halogens is 4. The maximum absolute atomic E-state index is 14.3. The molecule has 0 bridgehead atoms. The Morgan fingerprint density at radius 3 is 2.54 bits per heavy atom. The molecule has 0 aliphatic carbocycles. The van der Waals surface area contributed by atoms with E-state index in [-0.39, 0.29) is 34.9 Å². The van der Waals surface area contributed by atoms with Gasteiger partial charge in [0, 0.05) is 23.0 Å². The molecule has 2 heterocycles. The van der Waals surface area contributed by atoms with Gasteiger partial charge in [0.15, 0.2) is 5.60 Å². The monoisotopic (exact) mass is 500 g/mol. The number of aliphatic hydroxyl groups is 2. The molecule has 1 saturated heterocycles. The molecule has 1 aliphatic rings. The first-order valence-electron chi connectivity index (χ1n) is 11.1. The van der Waals surface area contributed by atoms with E-state index < -0.39 is 54.2 Å². The second kappa shape index (κ2) is 10.1. The number of alkyl halides is 3. The lowest BCUT2D eigenvalue weighted by Crippen LogP contribution is -2.47. The van der Waals surface area contributed by atoms with E-state index in [0.717, 1.165) is 13.0 Å². The van der Waals surface area contributed by atoms with Crippen LogP contribution in [0.1, 0.15) is 49.6 Å². The lowest BCUT2D eigenvalue weighted by Gasteiger charge is -2.32. The smallest absolute Gasteiger partial charge is 0.417 e. The number of aromatic nitrogens is 1. The number of amides is 1. The van der Waals surface area contributed by atoms with Gasteiger partial charge in [-0.3, -0.25) is 9.78 Å². The van der Waals surface area contributed by atoms with E-state index in [1.165, 1.54) is 38.2 Å². The number of hydrogen-bond acceptors (Lipinski definition) is 6. The number of aliphatic hydroxyl groups excluding tert-OH is 2. The molecule has 2 aromatic rings. The van der Waals surface area contributed by atoms with Crippen LogP contribution in [0.4, 0.5) is 23.2 Å². The van der Waals surface area contributed by atoms with Gasteiger partial charge >= 0.3 is 6.18 Å². The normalized spacial score (nSPS) is 25.4. The zero-order valence-corrected chi connectivity index (χ0v) is 19.7. The Labute approximate surface area is 200 Å². The highest BCUT2D eigenvalue weighted by atomic mass is 19.4. The van der Waals surface area contributed by atoms with Crippen molar-refractivity contribution in [1.29, 1.82) is 0 Å². The molecular formula is C24H28F4N2O5. The highest BCUT2D eigenvalue weighted by Crippen LogP contribution is 2.55. The summed E-state index contributed by atoms with van der Waals surface area (Å²) in [6.07, 6.45) is -6.38. The molecular weight excluding hydrogens is 472 g/mol. The van der Waals surface area contributed by atoms with Crippen LogP contribution >= 0.6 is 0 Å². The molecule has 1 fully saturated rings. The average Bonchev–Trinajstić information content (AvgIpc) is 3.09. The van der Waals surface area contributed by atoms with Crippen LogP contribution in [0.3, 0.4) is 0 Å². The van der Waals surface area contributed by atoms with Crippen LogP contribution in [0.5, 0.6) is 5.75 Å². The lowest BCUT2D eigenvalue weighted by molar-refractivity contribution is -0.272. The number of carbonyl (C=O) groups excluding carboxylic acids is 1. The average molecular weight is 500 g/mol. The molecule has 11 heteroatoms. The number of nitrogens with one attached hydrogen (secondary N) is 1. The Morgan fingerprint density at radius 1 is 1.31 bits per heavy atom. The molecule has 0 spiro atoms. The Kier molecular flexibility index (Phi) is 7.73. The Bertz CT molecular complexity index is 1060. The van der Waals surface area contributed by atoms with Crippen molar-refractivity contribution >= 4 is 11.6 Å². The van der Waals surface area contributed by atoms with Gasteiger partial charge in [-0.25, -0.2) is 4.39 Å². The topological polar surface area (TPSA) is 101 Å². The van der Waals surface area contributed by atoms with Gasteiger partial charge in [-0.15, -0.1) is 0 Å². The molecule has 0 radical (unpaired) electrons. The third kappa shape index (κ3) is 4.98. The molecule has 5 atom stereocenters. The van der Waals surface area contributed by atoms with Crippen molar-refractivity contribution in [3.8, 4) is 5.75 Å². The summed E-state index contributed by atoms with van der Waals surface area (Å²) >= 11 is 0. The van der Waals surface area contributed by atoms with Crippen LogP contribution in [-0.2, 0) is 9.53 Å². The maximum atomic E-state index is 14.3. The van der Waals surface area contributed by atoms with Gasteiger partial charge < -0.3 is 25.0 Å². The first-order valence-corrected chi connectivity index (χ1v) is 11.1. The third-order valence-corrected chi connectivity index (χ3v) is 6.51. The van der Waals surface area contributed by atoms with E-state index in [1.807, 2.05) is 0 Å². The van der Waals surface area contributed by atoms with Crippen molar-refractivity contribution in [1.82, 2.24) is 4.98 Å². The number of ether oxygens (including phenoxy) is 2. The molecule has 1 aromatic heterocycles. The minimum absolute atomic E-state index is 0.0844. The van der Waals surface area contributed by atoms with Gasteiger partial charge in [-0.2, -0.15) is 13.2 Å². The number of anilines is 1. The summed E-state index contributed by atoms with van der Waals surface area (Å²) in [5.74, 6) is -3.68. The van der Waals surface area contributed by atoms with Gasteiger partial charge in [0.25, 0.3) is 5.91 Å². The fraction of sp³-hybridized carbons (Fsp3) is 0.500. The van der Waals surface area contributed by atoms with Crippen molar-refractivity contribution in [2.24, 2.45) is 5.92 Å². The van der Waals surface area contributed by atoms with Crippen molar-refractivity contribution in [3.63, 3.8) is 0 Å². The van der Waals surface area contributed by atoms with Gasteiger partial charge in [0.1, 0.15) is 23.8 Å². The summed E-state index contributed by atoms with van der Waals surface area (Å²) in [5.41, 5.74) is -1.98. The third-order valence-electron chi connectivity index (χ3n) is 6.51. The van der Waals surface area contributed by atoms with Crippen molar-refractivity contribution in [2.45, 2.75) is 57.6 Å². The number of pyridine rings is 1. The minimum Gasteiger partial charge on any atom is -0.493 e. The van der Waals surface area contributed by atoms with E-state index in [4.69, 9.17) is 14.6 Å². The SMILES string of the molecule is CCOc1c([C@H]2[C@H](C(=O)Nc3ccc([C@H](O)CO)nc3)O[C@@](C)(C(F)(F)F)[C@H]2C)ccc(F)c1C. The number of nitrogens with zero attached hydrogens (tertiary/aromatic N) is 1. The predicted molar refractivity (Wildman–Crippen MR) is 118 cm³/mol. The summed E-state index contributed by atoms with van der Waals surface area (Å²) < 4.78 is 67.6. The quantitative estimate of drug-likeness (QED) is 0.497. The van der Waals surface area contributed by atoms with Gasteiger partial charge in [-0.05, 0) is 39.0 Å². The van der Waals surface area contributed by atoms with E-state index in [2.05, 4.69) is 10.3 Å². The maximum Gasteiger partial charge on any atom is 0.417 e. The number of hydrogen-bond donors (Lipinski definition) is 3. The molecule has 1 aliphatic heterocycles. The molecule has 0 saturated carbocycles. The number of benzene rings is 1. The van der Waals surface area contributed by atoms with E-state index in [1.54, 1.807) is 6.92 Å². The van der Waals surface area contributed by atoms with Crippen molar-refractivity contribution < 1.29 is 42.0 Å². The Balaban J connectivity index is 2.02. The second-order valence-corrected chi connectivity index (χ2v) is 8.64. The Hall–Kier alpha value is -2.76. The highest BCUT2D eigenvalue weighted by molar-refractivity contribution is 5.95. The van der Waals surface area contributed by atoms with E-state index in [9.17, 15) is 27.5 Å². The van der Waals surface area contributed by atoms with Crippen LogP contribution in [-0.4, -0.2) is 52.2 Å². The van der Waals surface area contributed by atoms with Gasteiger partial charge in [0.2, 0.25) is 0 Å². The standard InChI is InChI=1S/C24H28F4N2O5/c1-5-34-20-12(2)16(25)8-7-15(20)19-13(3)23(4,24(26,27)28)35-21(19)22(33)30-14-6-9-17(29-10-14)18(32)11-31/h6-10,13,18-19,21,31-32H,5,11H2,1-4H3,(H,30,33)/t13-,18+,19-,21+,23+/m0/s1. The zero-order chi connectivity index (χ0) is 26.1. The summed E-state index contributed by atoms with van der Waals surface area (Å²) in [6, 6.07) is 5.21. The van der Waals surface area contributed by atoms with Crippen LogP contribution in [0.2, 0.25) is 0 Å².